The monoisotopic (exact) mass is 340 g/mol. The molecule has 1 atom stereocenters. The standard InChI is InChI=1S/C19H21N3OS/c1-2-22(12-14-7-4-3-5-8-14)13-18(23)21-19-16(11-20)15-9-6-10-17(15)24-19/h3-5,7-8H,2,6,9-10,12-13H2,1H3,(H,21,23)/p+1. The lowest BCUT2D eigenvalue weighted by Crippen LogP contribution is -3.11. The molecule has 0 bridgehead atoms. The number of nitrogens with one attached hydrogen (secondary N) is 2. The smallest absolute Gasteiger partial charge is 0.280 e. The van der Waals surface area contributed by atoms with Crippen LogP contribution in [0, 0.1) is 11.3 Å². The zero-order valence-corrected chi connectivity index (χ0v) is 14.7. The molecule has 1 aromatic carbocycles. The van der Waals surface area contributed by atoms with Crippen LogP contribution in [-0.2, 0) is 24.2 Å². The largest absolute Gasteiger partial charge is 0.324 e. The zero-order chi connectivity index (χ0) is 16.9. The molecule has 24 heavy (non-hydrogen) atoms. The number of anilines is 1. The van der Waals surface area contributed by atoms with Crippen LogP contribution in [0.2, 0.25) is 0 Å². The van der Waals surface area contributed by atoms with Crippen molar-refractivity contribution in [2.45, 2.75) is 32.7 Å². The predicted octanol–water partition coefficient (Wildman–Crippen LogP) is 2.15. The number of benzene rings is 1. The molecule has 3 rings (SSSR count). The van der Waals surface area contributed by atoms with E-state index in [1.807, 2.05) is 18.2 Å². The first kappa shape index (κ1) is 16.7. The van der Waals surface area contributed by atoms with Crippen LogP contribution in [0.25, 0.3) is 0 Å². The Morgan fingerprint density at radius 2 is 2.12 bits per heavy atom. The Hall–Kier alpha value is -2.16. The van der Waals surface area contributed by atoms with Crippen molar-refractivity contribution >= 4 is 22.2 Å². The zero-order valence-electron chi connectivity index (χ0n) is 13.9. The summed E-state index contributed by atoms with van der Waals surface area (Å²) in [6.45, 7) is 4.22. The lowest BCUT2D eigenvalue weighted by Gasteiger charge is -2.17. The molecule has 124 valence electrons. The Morgan fingerprint density at radius 3 is 2.83 bits per heavy atom. The minimum atomic E-state index is -0.0146. The van der Waals surface area contributed by atoms with Crippen molar-refractivity contribution in [3.8, 4) is 6.07 Å². The Bertz CT molecular complexity index is 761. The Balaban J connectivity index is 1.64. The Morgan fingerprint density at radius 1 is 1.33 bits per heavy atom. The van der Waals surface area contributed by atoms with Gasteiger partial charge in [0.2, 0.25) is 0 Å². The summed E-state index contributed by atoms with van der Waals surface area (Å²) in [7, 11) is 0. The van der Waals surface area contributed by atoms with Gasteiger partial charge in [-0.05, 0) is 31.7 Å². The van der Waals surface area contributed by atoms with E-state index in [4.69, 9.17) is 0 Å². The van der Waals surface area contributed by atoms with Crippen LogP contribution in [0.3, 0.4) is 0 Å². The number of nitrogens with zero attached hydrogens (tertiary/aromatic N) is 1. The highest BCUT2D eigenvalue weighted by atomic mass is 32.1. The summed E-state index contributed by atoms with van der Waals surface area (Å²) >= 11 is 1.58. The Labute approximate surface area is 146 Å². The van der Waals surface area contributed by atoms with Gasteiger partial charge in [-0.15, -0.1) is 11.3 Å². The molecule has 0 saturated carbocycles. The van der Waals surface area contributed by atoms with Crippen LogP contribution in [0.4, 0.5) is 5.00 Å². The van der Waals surface area contributed by atoms with E-state index in [1.54, 1.807) is 11.3 Å². The van der Waals surface area contributed by atoms with E-state index >= 15 is 0 Å². The van der Waals surface area contributed by atoms with Gasteiger partial charge in [0.25, 0.3) is 5.91 Å². The fraction of sp³-hybridized carbons (Fsp3) is 0.368. The highest BCUT2D eigenvalue weighted by molar-refractivity contribution is 7.16. The quantitative estimate of drug-likeness (QED) is 0.847. The van der Waals surface area contributed by atoms with Crippen LogP contribution in [-0.4, -0.2) is 19.0 Å². The van der Waals surface area contributed by atoms with Crippen LogP contribution >= 0.6 is 11.3 Å². The maximum Gasteiger partial charge on any atom is 0.280 e. The number of carbonyl (C=O) groups excluding carboxylic acids is 1. The van der Waals surface area contributed by atoms with E-state index in [9.17, 15) is 10.1 Å². The second-order valence-corrected chi connectivity index (χ2v) is 7.27. The third-order valence-electron chi connectivity index (χ3n) is 4.49. The average Bonchev–Trinajstić information content (AvgIpc) is 3.15. The number of rotatable bonds is 6. The number of quaternary nitrogens is 1. The van der Waals surface area contributed by atoms with Crippen LogP contribution in [0.1, 0.15) is 34.9 Å². The van der Waals surface area contributed by atoms with E-state index < -0.39 is 0 Å². The fourth-order valence-corrected chi connectivity index (χ4v) is 4.46. The molecule has 1 amide bonds. The maximum atomic E-state index is 12.4. The predicted molar refractivity (Wildman–Crippen MR) is 96.2 cm³/mol. The molecular weight excluding hydrogens is 318 g/mol. The van der Waals surface area contributed by atoms with Gasteiger partial charge in [0, 0.05) is 10.4 Å². The fourth-order valence-electron chi connectivity index (χ4n) is 3.21. The molecule has 1 aliphatic carbocycles. The SMILES string of the molecule is CC[NH+](CC(=O)Nc1sc2c(c1C#N)CCC2)Cc1ccccc1. The van der Waals surface area contributed by atoms with Crippen molar-refractivity contribution in [2.24, 2.45) is 0 Å². The maximum absolute atomic E-state index is 12.4. The number of amides is 1. The van der Waals surface area contributed by atoms with E-state index in [2.05, 4.69) is 30.4 Å². The third kappa shape index (κ3) is 3.66. The van der Waals surface area contributed by atoms with E-state index in [0.717, 1.165) is 42.9 Å². The minimum Gasteiger partial charge on any atom is -0.324 e. The molecule has 0 spiro atoms. The molecule has 5 heteroatoms. The number of fused-ring (bicyclic) bond motifs is 1. The van der Waals surface area contributed by atoms with Gasteiger partial charge < -0.3 is 10.2 Å². The van der Waals surface area contributed by atoms with Crippen molar-refractivity contribution in [2.75, 3.05) is 18.4 Å². The summed E-state index contributed by atoms with van der Waals surface area (Å²) in [5.41, 5.74) is 3.07. The molecule has 1 aliphatic rings. The van der Waals surface area contributed by atoms with Gasteiger partial charge >= 0.3 is 0 Å². The topological polar surface area (TPSA) is 57.3 Å². The summed E-state index contributed by atoms with van der Waals surface area (Å²) in [5.74, 6) is -0.0146. The highest BCUT2D eigenvalue weighted by Gasteiger charge is 2.24. The van der Waals surface area contributed by atoms with Gasteiger partial charge in [-0.1, -0.05) is 30.3 Å². The van der Waals surface area contributed by atoms with Crippen LogP contribution < -0.4 is 10.2 Å². The van der Waals surface area contributed by atoms with Gasteiger partial charge in [0.1, 0.15) is 17.6 Å². The second kappa shape index (κ2) is 7.61. The van der Waals surface area contributed by atoms with Crippen molar-refractivity contribution in [3.05, 3.63) is 51.9 Å². The first-order chi connectivity index (χ1) is 11.7. The number of hydrogen-bond donors (Lipinski definition) is 2. The summed E-state index contributed by atoms with van der Waals surface area (Å²) in [4.78, 5) is 14.9. The van der Waals surface area contributed by atoms with Gasteiger partial charge in [0.15, 0.2) is 6.54 Å². The van der Waals surface area contributed by atoms with E-state index in [1.165, 1.54) is 15.3 Å². The van der Waals surface area contributed by atoms with Crippen molar-refractivity contribution in [1.82, 2.24) is 0 Å². The summed E-state index contributed by atoms with van der Waals surface area (Å²) in [6, 6.07) is 12.5. The summed E-state index contributed by atoms with van der Waals surface area (Å²) in [6.07, 6.45) is 3.12. The van der Waals surface area contributed by atoms with Crippen molar-refractivity contribution < 1.29 is 9.69 Å². The molecule has 4 nitrogen and oxygen atoms in total. The summed E-state index contributed by atoms with van der Waals surface area (Å²) in [5, 5.41) is 13.1. The molecule has 1 heterocycles. The molecule has 0 aliphatic heterocycles. The third-order valence-corrected chi connectivity index (χ3v) is 5.70. The first-order valence-corrected chi connectivity index (χ1v) is 9.25. The van der Waals surface area contributed by atoms with Crippen LogP contribution in [0.15, 0.2) is 30.3 Å². The molecule has 0 saturated heterocycles. The van der Waals surface area contributed by atoms with E-state index in [0.29, 0.717) is 12.1 Å². The highest BCUT2D eigenvalue weighted by Crippen LogP contribution is 2.38. The van der Waals surface area contributed by atoms with Gasteiger partial charge in [-0.3, -0.25) is 4.79 Å². The molecule has 1 aromatic heterocycles. The number of hydrogen-bond acceptors (Lipinski definition) is 3. The second-order valence-electron chi connectivity index (χ2n) is 6.16. The molecule has 0 radical (unpaired) electrons. The van der Waals surface area contributed by atoms with Crippen molar-refractivity contribution in [3.63, 3.8) is 0 Å². The van der Waals surface area contributed by atoms with Gasteiger partial charge in [-0.2, -0.15) is 5.26 Å². The van der Waals surface area contributed by atoms with Crippen LogP contribution in [0.5, 0.6) is 0 Å². The molecule has 2 aromatic rings. The number of thiophene rings is 1. The van der Waals surface area contributed by atoms with E-state index in [-0.39, 0.29) is 5.91 Å². The van der Waals surface area contributed by atoms with Crippen molar-refractivity contribution in [1.29, 1.82) is 5.26 Å². The number of aryl methyl sites for hydroxylation is 1. The van der Waals surface area contributed by atoms with Gasteiger partial charge in [-0.25, -0.2) is 0 Å². The molecular formula is C19H22N3OS+. The first-order valence-electron chi connectivity index (χ1n) is 8.43. The molecule has 1 unspecified atom stereocenters. The minimum absolute atomic E-state index is 0.0146. The Kier molecular flexibility index (Phi) is 5.29. The normalized spacial score (nSPS) is 14.0. The lowest BCUT2D eigenvalue weighted by atomic mass is 10.1. The average molecular weight is 340 g/mol. The summed E-state index contributed by atoms with van der Waals surface area (Å²) < 4.78 is 0. The molecule has 2 N–H and O–H groups in total. The number of carbonyl (C=O) groups is 1. The number of nitriles is 1. The molecule has 0 fully saturated rings. The van der Waals surface area contributed by atoms with Gasteiger partial charge in [0.05, 0.1) is 12.1 Å². The number of likely N-dealkylation sites (N-methyl/N-ethyl adjacent to an activating group) is 1. The lowest BCUT2D eigenvalue weighted by molar-refractivity contribution is -0.903.